The van der Waals surface area contributed by atoms with E-state index in [0.29, 0.717) is 28.6 Å². The summed E-state index contributed by atoms with van der Waals surface area (Å²) in [4.78, 5) is 0. The van der Waals surface area contributed by atoms with Crippen LogP contribution in [-0.4, -0.2) is 21.9 Å². The highest BCUT2D eigenvalue weighted by Gasteiger charge is 2.67. The van der Waals surface area contributed by atoms with Gasteiger partial charge in [-0.1, -0.05) is 92.7 Å². The lowest BCUT2D eigenvalue weighted by molar-refractivity contribution is -0.110. The van der Waals surface area contributed by atoms with E-state index in [2.05, 4.69) is 88.8 Å². The molecule has 0 amide bonds. The van der Waals surface area contributed by atoms with Crippen LogP contribution in [0, 0.1) is 51.2 Å². The zero-order chi connectivity index (χ0) is 31.4. The zero-order valence-electron chi connectivity index (χ0n) is 29.2. The lowest BCUT2D eigenvalue weighted by Crippen LogP contribution is -2.63. The Balaban J connectivity index is 0.000000276. The van der Waals surface area contributed by atoms with E-state index in [4.69, 9.17) is 0 Å². The number of allylic oxidation sites excluding steroid dienone is 7. The predicted octanol–water partition coefficient (Wildman–Crippen LogP) is 10.1. The molecule has 8 atom stereocenters. The molecule has 42 heavy (non-hydrogen) atoms. The molecule has 9 rings (SSSR count). The summed E-state index contributed by atoms with van der Waals surface area (Å²) < 4.78 is 0. The van der Waals surface area contributed by atoms with E-state index in [1.807, 2.05) is 0 Å². The van der Waals surface area contributed by atoms with Crippen molar-refractivity contribution in [3.05, 3.63) is 57.7 Å². The van der Waals surface area contributed by atoms with Crippen LogP contribution < -0.4 is 0 Å². The molecule has 3 saturated carbocycles. The lowest BCUT2D eigenvalue weighted by atomic mass is 9.35. The van der Waals surface area contributed by atoms with Gasteiger partial charge in [0.1, 0.15) is 0 Å². The second-order valence-corrected chi connectivity index (χ2v) is 17.6. The summed E-state index contributed by atoms with van der Waals surface area (Å²) in [5.41, 5.74) is 11.8. The third-order valence-corrected chi connectivity index (χ3v) is 14.4. The van der Waals surface area contributed by atoms with Crippen LogP contribution in [0.25, 0.3) is 0 Å². The van der Waals surface area contributed by atoms with Gasteiger partial charge in [-0.25, -0.2) is 0 Å². The van der Waals surface area contributed by atoms with Crippen molar-refractivity contribution in [3.8, 4) is 0 Å². The third kappa shape index (κ3) is 4.39. The summed E-state index contributed by atoms with van der Waals surface area (Å²) in [6, 6.07) is 0. The van der Waals surface area contributed by atoms with Crippen molar-refractivity contribution in [2.45, 2.75) is 140 Å². The molecule has 0 aromatic carbocycles. The maximum atomic E-state index is 12.0. The Morgan fingerprint density at radius 3 is 1.90 bits per heavy atom. The van der Waals surface area contributed by atoms with Crippen molar-refractivity contribution in [2.24, 2.45) is 51.2 Å². The number of hydrogen-bond acceptors (Lipinski definition) is 2. The van der Waals surface area contributed by atoms with Crippen LogP contribution in [0.15, 0.2) is 57.7 Å². The van der Waals surface area contributed by atoms with E-state index in [0.717, 1.165) is 31.1 Å². The highest BCUT2D eigenvalue weighted by Crippen LogP contribution is 2.75. The van der Waals surface area contributed by atoms with Crippen molar-refractivity contribution < 1.29 is 10.2 Å². The smallest absolute Gasteiger partial charge is 0.0800 e. The van der Waals surface area contributed by atoms with E-state index in [1.165, 1.54) is 31.3 Å². The quantitative estimate of drug-likeness (QED) is 0.310. The first-order chi connectivity index (χ1) is 19.2. The van der Waals surface area contributed by atoms with Crippen molar-refractivity contribution in [3.63, 3.8) is 0 Å². The fourth-order valence-electron chi connectivity index (χ4n) is 11.0. The third-order valence-electron chi connectivity index (χ3n) is 14.4. The van der Waals surface area contributed by atoms with Crippen molar-refractivity contribution in [1.82, 2.24) is 0 Å². The van der Waals surface area contributed by atoms with E-state index < -0.39 is 5.60 Å². The SMILES string of the molecule is C=CC(C)(O)CCC=C(C)C.CC1=C2CC(CC1C1(C3C(C)=C4CC(C3O)C4(C)C)CC3CC(=C1C)C3(C)C)C2(C)C. The molecule has 0 aromatic rings. The fraction of sp³-hybridized carbons (Fsp3) is 0.750. The van der Waals surface area contributed by atoms with Crippen molar-refractivity contribution >= 4 is 0 Å². The second-order valence-electron chi connectivity index (χ2n) is 17.6. The summed E-state index contributed by atoms with van der Waals surface area (Å²) in [5.74, 6) is 3.01. The van der Waals surface area contributed by atoms with Gasteiger partial charge >= 0.3 is 0 Å². The van der Waals surface area contributed by atoms with Crippen LogP contribution in [0.2, 0.25) is 0 Å². The molecule has 6 bridgehead atoms. The normalized spacial score (nSPS) is 39.6. The number of hydrogen-bond donors (Lipinski definition) is 2. The molecular weight excluding hydrogens is 512 g/mol. The summed E-state index contributed by atoms with van der Waals surface area (Å²) in [5, 5.41) is 21.5. The van der Waals surface area contributed by atoms with Gasteiger partial charge in [0.25, 0.3) is 0 Å². The van der Waals surface area contributed by atoms with Gasteiger partial charge in [-0.3, -0.25) is 0 Å². The molecule has 0 radical (unpaired) electrons. The van der Waals surface area contributed by atoms with Gasteiger partial charge in [0, 0.05) is 11.3 Å². The fourth-order valence-corrected chi connectivity index (χ4v) is 11.0. The monoisotopic (exact) mass is 574 g/mol. The summed E-state index contributed by atoms with van der Waals surface area (Å²) >= 11 is 0. The van der Waals surface area contributed by atoms with E-state index in [1.54, 1.807) is 46.4 Å². The molecular formula is C40H62O2. The van der Waals surface area contributed by atoms with Crippen LogP contribution in [0.5, 0.6) is 0 Å². The molecule has 2 N–H and O–H groups in total. The average molecular weight is 575 g/mol. The van der Waals surface area contributed by atoms with Gasteiger partial charge in [0.05, 0.1) is 11.7 Å². The molecule has 2 nitrogen and oxygen atoms in total. The van der Waals surface area contributed by atoms with Gasteiger partial charge in [-0.05, 0) is 126 Å². The highest BCUT2D eigenvalue weighted by molar-refractivity contribution is 5.49. The van der Waals surface area contributed by atoms with Crippen LogP contribution >= 0.6 is 0 Å². The number of rotatable bonds is 6. The lowest BCUT2D eigenvalue weighted by Gasteiger charge is -2.69. The molecule has 8 unspecified atom stereocenters. The van der Waals surface area contributed by atoms with E-state index in [9.17, 15) is 10.2 Å². The topological polar surface area (TPSA) is 40.5 Å². The largest absolute Gasteiger partial charge is 0.392 e. The minimum atomic E-state index is -0.702. The van der Waals surface area contributed by atoms with Gasteiger partial charge in [-0.15, -0.1) is 6.58 Å². The Labute approximate surface area is 258 Å². The first-order valence-electron chi connectivity index (χ1n) is 17.0. The molecule has 0 aromatic heterocycles. The molecule has 0 aliphatic heterocycles. The van der Waals surface area contributed by atoms with Crippen molar-refractivity contribution in [1.29, 1.82) is 0 Å². The van der Waals surface area contributed by atoms with E-state index >= 15 is 0 Å². The Bertz CT molecular complexity index is 1270. The summed E-state index contributed by atoms with van der Waals surface area (Å²) in [6.45, 7) is 31.5. The number of aliphatic hydroxyl groups excluding tert-OH is 1. The molecule has 9 aliphatic carbocycles. The van der Waals surface area contributed by atoms with Gasteiger partial charge in [0.15, 0.2) is 0 Å². The molecule has 3 fully saturated rings. The number of aliphatic hydroxyl groups is 2. The standard InChI is InChI=1S/C30H44O.C10H18O/c1-15-20-10-18(27(20,4)5)11-22(15)30(14-19-12-23(17(30)3)28(19,6)7)25-16(2)21-13-24(26(25)31)29(21,8)9;1-5-10(4,11)8-6-7-9(2)3/h18-19,22,24-26,31H,10-14H2,1-9H3;5,7,11H,1,6,8H2,2-4H3. The summed E-state index contributed by atoms with van der Waals surface area (Å²) in [6.07, 6.45) is 11.6. The Hall–Kier alpha value is -1.38. The number of fused-ring (bicyclic) bond motifs is 8. The minimum absolute atomic E-state index is 0.141. The Morgan fingerprint density at radius 2 is 1.45 bits per heavy atom. The molecule has 2 heteroatoms. The van der Waals surface area contributed by atoms with Crippen LogP contribution in [-0.2, 0) is 0 Å². The Kier molecular flexibility index (Phi) is 7.68. The first-order valence-corrected chi connectivity index (χ1v) is 17.0. The molecule has 0 heterocycles. The predicted molar refractivity (Wildman–Crippen MR) is 178 cm³/mol. The molecule has 9 aliphatic rings. The molecule has 234 valence electrons. The average Bonchev–Trinajstić information content (AvgIpc) is 2.88. The maximum absolute atomic E-state index is 12.0. The van der Waals surface area contributed by atoms with Gasteiger partial charge < -0.3 is 10.2 Å². The molecule has 0 saturated heterocycles. The Morgan fingerprint density at radius 1 is 0.881 bits per heavy atom. The zero-order valence-corrected chi connectivity index (χ0v) is 29.2. The maximum Gasteiger partial charge on any atom is 0.0800 e. The second kappa shape index (κ2) is 10.1. The van der Waals surface area contributed by atoms with Gasteiger partial charge in [-0.2, -0.15) is 0 Å². The minimum Gasteiger partial charge on any atom is -0.392 e. The molecule has 0 spiro atoms. The first kappa shape index (κ1) is 32.0. The summed E-state index contributed by atoms with van der Waals surface area (Å²) in [7, 11) is 0. The van der Waals surface area contributed by atoms with Crippen LogP contribution in [0.1, 0.15) is 128 Å². The van der Waals surface area contributed by atoms with Crippen LogP contribution in [0.4, 0.5) is 0 Å². The van der Waals surface area contributed by atoms with Gasteiger partial charge in [0.2, 0.25) is 0 Å². The van der Waals surface area contributed by atoms with Crippen LogP contribution in [0.3, 0.4) is 0 Å². The highest BCUT2D eigenvalue weighted by atomic mass is 16.3. The van der Waals surface area contributed by atoms with E-state index in [-0.39, 0.29) is 16.9 Å². The van der Waals surface area contributed by atoms with Crippen molar-refractivity contribution in [2.75, 3.05) is 0 Å².